The minimum atomic E-state index is 0.0255. The Labute approximate surface area is 149 Å². The number of rotatable bonds is 3. The fourth-order valence-corrected chi connectivity index (χ4v) is 3.15. The lowest BCUT2D eigenvalue weighted by molar-refractivity contribution is 0.0829. The molecule has 25 heavy (non-hydrogen) atoms. The molecule has 0 spiro atoms. The minimum Gasteiger partial charge on any atom is -0.355 e. The van der Waals surface area contributed by atoms with E-state index in [1.165, 1.54) is 11.1 Å². The zero-order valence-electron chi connectivity index (χ0n) is 15.5. The molecular weight excluding hydrogens is 308 g/mol. The highest BCUT2D eigenvalue weighted by Gasteiger charge is 2.16. The van der Waals surface area contributed by atoms with Gasteiger partial charge in [-0.15, -0.1) is 0 Å². The van der Waals surface area contributed by atoms with E-state index >= 15 is 0 Å². The van der Waals surface area contributed by atoms with Gasteiger partial charge in [0.2, 0.25) is 0 Å². The molecule has 0 atom stereocenters. The summed E-state index contributed by atoms with van der Waals surface area (Å²) in [5, 5.41) is 5.63. The van der Waals surface area contributed by atoms with Crippen LogP contribution in [-0.4, -0.2) is 24.9 Å². The summed E-state index contributed by atoms with van der Waals surface area (Å²) in [6, 6.07) is 16.3. The first-order valence-corrected chi connectivity index (χ1v) is 8.47. The van der Waals surface area contributed by atoms with E-state index in [4.69, 9.17) is 0 Å². The van der Waals surface area contributed by atoms with Crippen LogP contribution in [-0.2, 0) is 0 Å². The van der Waals surface area contributed by atoms with Crippen molar-refractivity contribution < 1.29 is 4.79 Å². The SMILES string of the molecule is Cc1cccc(Nc2ccc(C(=O)N(C)C)c3c(C)cccc23)c1C. The third kappa shape index (κ3) is 3.10. The molecule has 1 N–H and O–H groups in total. The van der Waals surface area contributed by atoms with Gasteiger partial charge >= 0.3 is 0 Å². The average molecular weight is 332 g/mol. The van der Waals surface area contributed by atoms with Crippen LogP contribution in [0.3, 0.4) is 0 Å². The van der Waals surface area contributed by atoms with Crippen LogP contribution in [0.25, 0.3) is 10.8 Å². The highest BCUT2D eigenvalue weighted by atomic mass is 16.2. The van der Waals surface area contributed by atoms with Crippen LogP contribution < -0.4 is 5.32 Å². The summed E-state index contributed by atoms with van der Waals surface area (Å²) >= 11 is 0. The molecule has 0 aliphatic rings. The van der Waals surface area contributed by atoms with Gasteiger partial charge in [-0.3, -0.25) is 4.79 Å². The normalized spacial score (nSPS) is 10.8. The second-order valence-corrected chi connectivity index (χ2v) is 6.73. The average Bonchev–Trinajstić information content (AvgIpc) is 2.59. The molecule has 0 saturated carbocycles. The van der Waals surface area contributed by atoms with Gasteiger partial charge in [0.05, 0.1) is 0 Å². The van der Waals surface area contributed by atoms with Crippen LogP contribution in [0.2, 0.25) is 0 Å². The van der Waals surface area contributed by atoms with Crippen molar-refractivity contribution in [2.45, 2.75) is 20.8 Å². The predicted molar refractivity (Wildman–Crippen MR) is 106 cm³/mol. The second kappa shape index (κ2) is 6.60. The smallest absolute Gasteiger partial charge is 0.253 e. The molecule has 128 valence electrons. The zero-order chi connectivity index (χ0) is 18.1. The molecule has 0 heterocycles. The van der Waals surface area contributed by atoms with E-state index in [1.807, 2.05) is 18.2 Å². The molecule has 0 unspecified atom stereocenters. The molecule has 0 aliphatic carbocycles. The topological polar surface area (TPSA) is 32.3 Å². The third-order valence-corrected chi connectivity index (χ3v) is 4.76. The van der Waals surface area contributed by atoms with Crippen molar-refractivity contribution in [2.24, 2.45) is 0 Å². The van der Waals surface area contributed by atoms with Crippen molar-refractivity contribution in [3.63, 3.8) is 0 Å². The molecule has 3 aromatic rings. The van der Waals surface area contributed by atoms with Crippen molar-refractivity contribution in [2.75, 3.05) is 19.4 Å². The molecule has 0 bridgehead atoms. The van der Waals surface area contributed by atoms with Gasteiger partial charge in [-0.05, 0) is 61.0 Å². The van der Waals surface area contributed by atoms with Crippen molar-refractivity contribution in [3.05, 3.63) is 70.8 Å². The first kappa shape index (κ1) is 17.0. The highest BCUT2D eigenvalue weighted by Crippen LogP contribution is 2.33. The quantitative estimate of drug-likeness (QED) is 0.714. The fourth-order valence-electron chi connectivity index (χ4n) is 3.15. The number of hydrogen-bond acceptors (Lipinski definition) is 2. The summed E-state index contributed by atoms with van der Waals surface area (Å²) in [6.07, 6.45) is 0. The van der Waals surface area contributed by atoms with E-state index in [0.29, 0.717) is 0 Å². The molecule has 0 fully saturated rings. The van der Waals surface area contributed by atoms with Gasteiger partial charge in [-0.1, -0.05) is 30.3 Å². The van der Waals surface area contributed by atoms with Gasteiger partial charge in [0.1, 0.15) is 0 Å². The lowest BCUT2D eigenvalue weighted by Crippen LogP contribution is -2.22. The summed E-state index contributed by atoms with van der Waals surface area (Å²) in [4.78, 5) is 14.2. The third-order valence-electron chi connectivity index (χ3n) is 4.76. The number of benzene rings is 3. The first-order chi connectivity index (χ1) is 11.9. The Bertz CT molecular complexity index is 958. The van der Waals surface area contributed by atoms with Crippen LogP contribution in [0.5, 0.6) is 0 Å². The number of nitrogens with one attached hydrogen (secondary N) is 1. The number of nitrogens with zero attached hydrogens (tertiary/aromatic N) is 1. The van der Waals surface area contributed by atoms with E-state index in [1.54, 1.807) is 19.0 Å². The second-order valence-electron chi connectivity index (χ2n) is 6.73. The van der Waals surface area contributed by atoms with Gasteiger partial charge in [0.25, 0.3) is 5.91 Å². The Balaban J connectivity index is 2.18. The summed E-state index contributed by atoms with van der Waals surface area (Å²) in [7, 11) is 3.57. The van der Waals surface area contributed by atoms with E-state index in [2.05, 4.69) is 56.4 Å². The summed E-state index contributed by atoms with van der Waals surface area (Å²) in [5.74, 6) is 0.0255. The van der Waals surface area contributed by atoms with Crippen LogP contribution in [0.4, 0.5) is 11.4 Å². The van der Waals surface area contributed by atoms with E-state index in [0.717, 1.165) is 33.3 Å². The Morgan fingerprint density at radius 3 is 2.24 bits per heavy atom. The van der Waals surface area contributed by atoms with E-state index < -0.39 is 0 Å². The number of aryl methyl sites for hydroxylation is 2. The van der Waals surface area contributed by atoms with Gasteiger partial charge in [0.15, 0.2) is 0 Å². The summed E-state index contributed by atoms with van der Waals surface area (Å²) in [6.45, 7) is 6.28. The molecule has 0 aromatic heterocycles. The maximum Gasteiger partial charge on any atom is 0.253 e. The molecule has 1 amide bonds. The van der Waals surface area contributed by atoms with Gasteiger partial charge in [-0.25, -0.2) is 0 Å². The lowest BCUT2D eigenvalue weighted by atomic mass is 9.97. The van der Waals surface area contributed by atoms with Crippen LogP contribution >= 0.6 is 0 Å². The highest BCUT2D eigenvalue weighted by molar-refractivity contribution is 6.11. The molecule has 0 radical (unpaired) electrons. The van der Waals surface area contributed by atoms with Crippen molar-refractivity contribution in [1.82, 2.24) is 4.90 Å². The number of carbonyl (C=O) groups excluding carboxylic acids is 1. The van der Waals surface area contributed by atoms with E-state index in [-0.39, 0.29) is 5.91 Å². The molecule has 3 rings (SSSR count). The first-order valence-electron chi connectivity index (χ1n) is 8.47. The lowest BCUT2D eigenvalue weighted by Gasteiger charge is -2.18. The Hall–Kier alpha value is -2.81. The maximum absolute atomic E-state index is 12.6. The van der Waals surface area contributed by atoms with Crippen LogP contribution in [0.1, 0.15) is 27.0 Å². The Kier molecular flexibility index (Phi) is 4.49. The molecule has 3 aromatic carbocycles. The number of carbonyl (C=O) groups is 1. The van der Waals surface area contributed by atoms with Gasteiger partial charge < -0.3 is 10.2 Å². The zero-order valence-corrected chi connectivity index (χ0v) is 15.5. The summed E-state index contributed by atoms with van der Waals surface area (Å²) in [5.41, 5.74) is 6.44. The van der Waals surface area contributed by atoms with Crippen LogP contribution in [0, 0.1) is 20.8 Å². The Morgan fingerprint density at radius 2 is 1.52 bits per heavy atom. The maximum atomic E-state index is 12.6. The monoisotopic (exact) mass is 332 g/mol. The number of anilines is 2. The largest absolute Gasteiger partial charge is 0.355 e. The number of hydrogen-bond donors (Lipinski definition) is 1. The predicted octanol–water partition coefficient (Wildman–Crippen LogP) is 5.21. The minimum absolute atomic E-state index is 0.0255. The number of amides is 1. The van der Waals surface area contributed by atoms with Crippen LogP contribution in [0.15, 0.2) is 48.5 Å². The van der Waals surface area contributed by atoms with Gasteiger partial charge in [-0.2, -0.15) is 0 Å². The summed E-state index contributed by atoms with van der Waals surface area (Å²) < 4.78 is 0. The standard InChI is InChI=1S/C22H24N2O/c1-14-8-7-11-19(16(14)3)23-20-13-12-18(22(25)24(4)5)21-15(2)9-6-10-17(20)21/h6-13,23H,1-5H3. The fraction of sp³-hybridized carbons (Fsp3) is 0.227. The molecule has 3 heteroatoms. The van der Waals surface area contributed by atoms with Crippen molar-refractivity contribution >= 4 is 28.1 Å². The number of fused-ring (bicyclic) bond motifs is 1. The molecular formula is C22H24N2O. The molecule has 0 saturated heterocycles. The van der Waals surface area contributed by atoms with Gasteiger partial charge in [0, 0.05) is 36.4 Å². The van der Waals surface area contributed by atoms with Crippen molar-refractivity contribution in [1.29, 1.82) is 0 Å². The van der Waals surface area contributed by atoms with E-state index in [9.17, 15) is 4.79 Å². The molecule has 3 nitrogen and oxygen atoms in total. The molecule has 0 aliphatic heterocycles. The Morgan fingerprint density at radius 1 is 0.840 bits per heavy atom. The van der Waals surface area contributed by atoms with Crippen molar-refractivity contribution in [3.8, 4) is 0 Å².